The lowest BCUT2D eigenvalue weighted by atomic mass is 10.2. The van der Waals surface area contributed by atoms with Crippen molar-refractivity contribution in [2.75, 3.05) is 12.4 Å². The number of hydrogen-bond acceptors (Lipinski definition) is 6. The zero-order chi connectivity index (χ0) is 18.5. The molecule has 0 aliphatic rings. The molecule has 8 heteroatoms. The second kappa shape index (κ2) is 8.16. The molecule has 2 aromatic carbocycles. The Hall–Kier alpha value is -2.64. The Morgan fingerprint density at radius 2 is 1.96 bits per heavy atom. The standard InChI is InChI=1S/C18H16ClN3O3S/c1-11-16(22-26-21-11)10-25-14-6-3-12(4-7-14)18(23)20-13-5-8-17(24-2)15(19)9-13/h3-9H,10H2,1-2H3,(H,20,23). The van der Waals surface area contributed by atoms with Gasteiger partial charge in [0.15, 0.2) is 0 Å². The van der Waals surface area contributed by atoms with Crippen molar-refractivity contribution in [3.8, 4) is 11.5 Å². The summed E-state index contributed by atoms with van der Waals surface area (Å²) in [6.45, 7) is 2.24. The molecule has 1 heterocycles. The summed E-state index contributed by atoms with van der Waals surface area (Å²) in [4.78, 5) is 12.3. The van der Waals surface area contributed by atoms with Crippen LogP contribution in [-0.4, -0.2) is 21.8 Å². The molecule has 3 rings (SSSR count). The van der Waals surface area contributed by atoms with Crippen LogP contribution in [0.3, 0.4) is 0 Å². The second-order valence-corrected chi connectivity index (χ2v) is 6.35. The van der Waals surface area contributed by atoms with Crippen molar-refractivity contribution < 1.29 is 14.3 Å². The first-order valence-corrected chi connectivity index (χ1v) is 8.83. The molecule has 0 saturated carbocycles. The monoisotopic (exact) mass is 389 g/mol. The molecule has 1 aromatic heterocycles. The van der Waals surface area contributed by atoms with Crippen molar-refractivity contribution >= 4 is 34.9 Å². The van der Waals surface area contributed by atoms with E-state index in [9.17, 15) is 4.79 Å². The fourth-order valence-electron chi connectivity index (χ4n) is 2.18. The van der Waals surface area contributed by atoms with Gasteiger partial charge in [0.05, 0.1) is 29.6 Å². The summed E-state index contributed by atoms with van der Waals surface area (Å²) >= 11 is 7.23. The molecule has 0 unspecified atom stereocenters. The Morgan fingerprint density at radius 3 is 2.58 bits per heavy atom. The zero-order valence-corrected chi connectivity index (χ0v) is 15.7. The first-order valence-electron chi connectivity index (χ1n) is 7.72. The summed E-state index contributed by atoms with van der Waals surface area (Å²) in [7, 11) is 1.54. The highest BCUT2D eigenvalue weighted by atomic mass is 35.5. The summed E-state index contributed by atoms with van der Waals surface area (Å²) in [5.74, 6) is 0.968. The van der Waals surface area contributed by atoms with Crippen molar-refractivity contribution in [1.29, 1.82) is 0 Å². The third-order valence-electron chi connectivity index (χ3n) is 3.65. The molecule has 26 heavy (non-hydrogen) atoms. The Balaban J connectivity index is 1.61. The van der Waals surface area contributed by atoms with Crippen molar-refractivity contribution in [1.82, 2.24) is 8.75 Å². The average Bonchev–Trinajstić information content (AvgIpc) is 3.05. The van der Waals surface area contributed by atoms with E-state index in [0.717, 1.165) is 23.1 Å². The number of amides is 1. The molecule has 0 aliphatic carbocycles. The number of carbonyl (C=O) groups is 1. The summed E-state index contributed by atoms with van der Waals surface area (Å²) in [5, 5.41) is 3.23. The Bertz CT molecular complexity index is 912. The van der Waals surface area contributed by atoms with Crippen molar-refractivity contribution in [2.24, 2.45) is 0 Å². The largest absolute Gasteiger partial charge is 0.495 e. The van der Waals surface area contributed by atoms with E-state index in [1.807, 2.05) is 6.92 Å². The van der Waals surface area contributed by atoms with Crippen LogP contribution in [0, 0.1) is 6.92 Å². The Kier molecular flexibility index (Phi) is 5.70. The van der Waals surface area contributed by atoms with Gasteiger partial charge in [-0.3, -0.25) is 4.79 Å². The molecule has 134 valence electrons. The van der Waals surface area contributed by atoms with E-state index in [1.165, 1.54) is 7.11 Å². The maximum Gasteiger partial charge on any atom is 0.255 e. The number of rotatable bonds is 6. The van der Waals surface area contributed by atoms with Gasteiger partial charge in [-0.15, -0.1) is 0 Å². The number of aryl methyl sites for hydroxylation is 1. The first-order chi connectivity index (χ1) is 12.6. The molecule has 1 N–H and O–H groups in total. The SMILES string of the molecule is COc1ccc(NC(=O)c2ccc(OCc3nsnc3C)cc2)cc1Cl. The molecule has 0 spiro atoms. The third-order valence-corrected chi connectivity index (χ3v) is 4.60. The summed E-state index contributed by atoms with van der Waals surface area (Å²) < 4.78 is 19.0. The van der Waals surface area contributed by atoms with E-state index in [2.05, 4.69) is 14.1 Å². The fourth-order valence-corrected chi connectivity index (χ4v) is 2.99. The number of benzene rings is 2. The van der Waals surface area contributed by atoms with Gasteiger partial charge in [-0.05, 0) is 49.4 Å². The van der Waals surface area contributed by atoms with Crippen LogP contribution >= 0.6 is 23.3 Å². The van der Waals surface area contributed by atoms with E-state index in [1.54, 1.807) is 42.5 Å². The number of nitrogens with zero attached hydrogens (tertiary/aromatic N) is 2. The third kappa shape index (κ3) is 4.30. The summed E-state index contributed by atoms with van der Waals surface area (Å²) in [6.07, 6.45) is 0. The molecule has 0 bridgehead atoms. The number of halogens is 1. The van der Waals surface area contributed by atoms with Crippen LogP contribution < -0.4 is 14.8 Å². The molecule has 0 saturated heterocycles. The molecule has 0 fully saturated rings. The maximum atomic E-state index is 12.3. The highest BCUT2D eigenvalue weighted by Crippen LogP contribution is 2.27. The van der Waals surface area contributed by atoms with Gasteiger partial charge in [0.2, 0.25) is 0 Å². The highest BCUT2D eigenvalue weighted by Gasteiger charge is 2.09. The van der Waals surface area contributed by atoms with Crippen molar-refractivity contribution in [3.63, 3.8) is 0 Å². The van der Waals surface area contributed by atoms with Crippen LogP contribution in [0.5, 0.6) is 11.5 Å². The number of anilines is 1. The van der Waals surface area contributed by atoms with Crippen molar-refractivity contribution in [2.45, 2.75) is 13.5 Å². The zero-order valence-electron chi connectivity index (χ0n) is 14.2. The van der Waals surface area contributed by atoms with Gasteiger partial charge in [0.25, 0.3) is 5.91 Å². The van der Waals surface area contributed by atoms with Crippen LogP contribution in [0.2, 0.25) is 5.02 Å². The van der Waals surface area contributed by atoms with Gasteiger partial charge in [0.1, 0.15) is 23.8 Å². The summed E-state index contributed by atoms with van der Waals surface area (Å²) in [6, 6.07) is 11.9. The second-order valence-electron chi connectivity index (χ2n) is 5.41. The van der Waals surface area contributed by atoms with Gasteiger partial charge >= 0.3 is 0 Å². The number of ether oxygens (including phenoxy) is 2. The molecule has 6 nitrogen and oxygen atoms in total. The quantitative estimate of drug-likeness (QED) is 0.678. The first kappa shape index (κ1) is 18.2. The molecule has 3 aromatic rings. The van der Waals surface area contributed by atoms with Gasteiger partial charge in [0, 0.05) is 11.3 Å². The smallest absolute Gasteiger partial charge is 0.255 e. The van der Waals surface area contributed by atoms with Gasteiger partial charge in [-0.25, -0.2) is 0 Å². The number of hydrogen-bond donors (Lipinski definition) is 1. The molecule has 1 amide bonds. The van der Waals surface area contributed by atoms with E-state index in [0.29, 0.717) is 34.4 Å². The minimum Gasteiger partial charge on any atom is -0.495 e. The van der Waals surface area contributed by atoms with Crippen LogP contribution in [-0.2, 0) is 6.61 Å². The van der Waals surface area contributed by atoms with Gasteiger partial charge in [-0.1, -0.05) is 11.6 Å². The van der Waals surface area contributed by atoms with Crippen molar-refractivity contribution in [3.05, 3.63) is 64.4 Å². The average molecular weight is 390 g/mol. The van der Waals surface area contributed by atoms with Gasteiger partial charge < -0.3 is 14.8 Å². The number of aromatic nitrogens is 2. The predicted molar refractivity (Wildman–Crippen MR) is 101 cm³/mol. The Morgan fingerprint density at radius 1 is 1.19 bits per heavy atom. The predicted octanol–water partition coefficient (Wildman–Crippen LogP) is 4.34. The topological polar surface area (TPSA) is 73.3 Å². The van der Waals surface area contributed by atoms with E-state index < -0.39 is 0 Å². The van der Waals surface area contributed by atoms with E-state index >= 15 is 0 Å². The highest BCUT2D eigenvalue weighted by molar-refractivity contribution is 6.99. The van der Waals surface area contributed by atoms with E-state index in [-0.39, 0.29) is 5.91 Å². The van der Waals surface area contributed by atoms with Crippen LogP contribution in [0.1, 0.15) is 21.7 Å². The lowest BCUT2D eigenvalue weighted by Gasteiger charge is -2.09. The molecule has 0 atom stereocenters. The molecular weight excluding hydrogens is 374 g/mol. The number of methoxy groups -OCH3 is 1. The van der Waals surface area contributed by atoms with Gasteiger partial charge in [-0.2, -0.15) is 8.75 Å². The number of nitrogens with one attached hydrogen (secondary N) is 1. The lowest BCUT2D eigenvalue weighted by Crippen LogP contribution is -2.11. The number of carbonyl (C=O) groups excluding carboxylic acids is 1. The minimum atomic E-state index is -0.239. The fraction of sp³-hybridized carbons (Fsp3) is 0.167. The van der Waals surface area contributed by atoms with Crippen LogP contribution in [0.15, 0.2) is 42.5 Å². The molecule has 0 radical (unpaired) electrons. The summed E-state index contributed by atoms with van der Waals surface area (Å²) in [5.41, 5.74) is 2.78. The molecular formula is C18H16ClN3O3S. The normalized spacial score (nSPS) is 10.4. The van der Waals surface area contributed by atoms with Crippen LogP contribution in [0.25, 0.3) is 0 Å². The lowest BCUT2D eigenvalue weighted by molar-refractivity contribution is 0.102. The molecule has 0 aliphatic heterocycles. The maximum absolute atomic E-state index is 12.3. The minimum absolute atomic E-state index is 0.239. The van der Waals surface area contributed by atoms with E-state index in [4.69, 9.17) is 21.1 Å². The Labute approximate surface area is 160 Å². The van der Waals surface area contributed by atoms with Crippen LogP contribution in [0.4, 0.5) is 5.69 Å².